The number of nitrogens with one attached hydrogen (secondary N) is 1. The lowest BCUT2D eigenvalue weighted by Crippen LogP contribution is -2.31. The van der Waals surface area contributed by atoms with Gasteiger partial charge in [-0.05, 0) is 38.9 Å². The highest BCUT2D eigenvalue weighted by Gasteiger charge is 2.22. The highest BCUT2D eigenvalue weighted by molar-refractivity contribution is 4.77. The van der Waals surface area contributed by atoms with Gasteiger partial charge in [0.25, 0.3) is 0 Å². The van der Waals surface area contributed by atoms with Crippen LogP contribution in [0.2, 0.25) is 0 Å². The molecule has 2 atom stereocenters. The van der Waals surface area contributed by atoms with Crippen molar-refractivity contribution in [3.8, 4) is 0 Å². The molecule has 1 saturated heterocycles. The Morgan fingerprint density at radius 3 is 3.00 bits per heavy atom. The Labute approximate surface area is 81.1 Å². The lowest BCUT2D eigenvalue weighted by Gasteiger charge is -2.18. The van der Waals surface area contributed by atoms with Gasteiger partial charge < -0.3 is 15.3 Å². The van der Waals surface area contributed by atoms with Crippen LogP contribution in [0, 0.1) is 5.92 Å². The number of nitrogens with zero attached hydrogens (tertiary/aromatic N) is 1. The van der Waals surface area contributed by atoms with Crippen molar-refractivity contribution in [2.75, 3.05) is 33.2 Å². The number of hydrogen-bond donors (Lipinski definition) is 2. The minimum Gasteiger partial charge on any atom is -0.392 e. The van der Waals surface area contributed by atoms with Gasteiger partial charge in [-0.25, -0.2) is 0 Å². The van der Waals surface area contributed by atoms with Crippen molar-refractivity contribution < 1.29 is 5.11 Å². The second-order valence-electron chi connectivity index (χ2n) is 4.03. The predicted molar refractivity (Wildman–Crippen MR) is 54.8 cm³/mol. The van der Waals surface area contributed by atoms with E-state index < -0.39 is 0 Å². The Bertz CT molecular complexity index is 141. The van der Waals surface area contributed by atoms with Gasteiger partial charge in [0, 0.05) is 13.1 Å². The average Bonchev–Trinajstić information content (AvgIpc) is 2.53. The molecule has 2 N–H and O–H groups in total. The van der Waals surface area contributed by atoms with E-state index in [2.05, 4.69) is 10.2 Å². The molecule has 0 spiro atoms. The molecule has 0 amide bonds. The fourth-order valence-corrected chi connectivity index (χ4v) is 1.96. The van der Waals surface area contributed by atoms with E-state index in [4.69, 9.17) is 0 Å². The molecule has 13 heavy (non-hydrogen) atoms. The zero-order valence-electron chi connectivity index (χ0n) is 8.79. The van der Waals surface area contributed by atoms with Crippen LogP contribution >= 0.6 is 0 Å². The summed E-state index contributed by atoms with van der Waals surface area (Å²) in [6.07, 6.45) is 2.01. The van der Waals surface area contributed by atoms with Gasteiger partial charge in [0.15, 0.2) is 0 Å². The van der Waals surface area contributed by atoms with Crippen LogP contribution < -0.4 is 5.32 Å². The van der Waals surface area contributed by atoms with Gasteiger partial charge in [-0.3, -0.25) is 0 Å². The maximum absolute atomic E-state index is 9.48. The second kappa shape index (κ2) is 5.58. The molecule has 0 radical (unpaired) electrons. The second-order valence-corrected chi connectivity index (χ2v) is 4.03. The smallest absolute Gasteiger partial charge is 0.0664 e. The van der Waals surface area contributed by atoms with E-state index in [0.29, 0.717) is 0 Å². The van der Waals surface area contributed by atoms with Crippen LogP contribution in [0.3, 0.4) is 0 Å². The highest BCUT2D eigenvalue weighted by Crippen LogP contribution is 2.15. The summed E-state index contributed by atoms with van der Waals surface area (Å²) in [7, 11) is 2.00. The van der Waals surface area contributed by atoms with Crippen molar-refractivity contribution >= 4 is 0 Å². The maximum atomic E-state index is 9.48. The molecule has 1 aliphatic heterocycles. The first-order valence-electron chi connectivity index (χ1n) is 5.31. The van der Waals surface area contributed by atoms with E-state index in [1.807, 2.05) is 14.0 Å². The fraction of sp³-hybridized carbons (Fsp3) is 1.00. The average molecular weight is 186 g/mol. The van der Waals surface area contributed by atoms with Gasteiger partial charge in [0.05, 0.1) is 6.10 Å². The third kappa shape index (κ3) is 3.63. The molecule has 1 rings (SSSR count). The molecule has 0 saturated carbocycles. The largest absolute Gasteiger partial charge is 0.392 e. The van der Waals surface area contributed by atoms with E-state index in [1.165, 1.54) is 6.42 Å². The summed E-state index contributed by atoms with van der Waals surface area (Å²) in [6.45, 7) is 6.31. The first-order chi connectivity index (χ1) is 6.26. The summed E-state index contributed by atoms with van der Waals surface area (Å²) in [5.41, 5.74) is 0. The normalized spacial score (nSPS) is 26.5. The third-order valence-electron chi connectivity index (χ3n) is 2.80. The lowest BCUT2D eigenvalue weighted by atomic mass is 10.1. The Balaban J connectivity index is 2.17. The van der Waals surface area contributed by atoms with Crippen molar-refractivity contribution in [3.63, 3.8) is 0 Å². The minimum atomic E-state index is -0.131. The zero-order valence-corrected chi connectivity index (χ0v) is 8.79. The van der Waals surface area contributed by atoms with Crippen LogP contribution in [0.4, 0.5) is 0 Å². The van der Waals surface area contributed by atoms with Gasteiger partial charge in [-0.15, -0.1) is 0 Å². The quantitative estimate of drug-likeness (QED) is 0.648. The minimum absolute atomic E-state index is 0.131. The SMILES string of the molecule is CCC(O)CN1CCC(CNC)C1. The fourth-order valence-electron chi connectivity index (χ4n) is 1.96. The molecule has 0 aromatic carbocycles. The van der Waals surface area contributed by atoms with E-state index in [1.54, 1.807) is 0 Å². The van der Waals surface area contributed by atoms with Gasteiger partial charge >= 0.3 is 0 Å². The number of aliphatic hydroxyl groups is 1. The van der Waals surface area contributed by atoms with Crippen molar-refractivity contribution in [3.05, 3.63) is 0 Å². The first-order valence-corrected chi connectivity index (χ1v) is 5.31. The van der Waals surface area contributed by atoms with Crippen LogP contribution in [0.1, 0.15) is 19.8 Å². The molecule has 0 aliphatic carbocycles. The van der Waals surface area contributed by atoms with Gasteiger partial charge in [0.1, 0.15) is 0 Å². The summed E-state index contributed by atoms with van der Waals surface area (Å²) >= 11 is 0. The molecule has 0 bridgehead atoms. The van der Waals surface area contributed by atoms with Crippen LogP contribution in [-0.4, -0.2) is 49.3 Å². The number of likely N-dealkylation sites (tertiary alicyclic amines) is 1. The molecule has 0 aromatic heterocycles. The topological polar surface area (TPSA) is 35.5 Å². The standard InChI is InChI=1S/C10H22N2O/c1-3-10(13)8-12-5-4-9(7-12)6-11-2/h9-11,13H,3-8H2,1-2H3. The number of aliphatic hydroxyl groups excluding tert-OH is 1. The molecule has 3 nitrogen and oxygen atoms in total. The Morgan fingerprint density at radius 1 is 1.62 bits per heavy atom. The molecule has 78 valence electrons. The van der Waals surface area contributed by atoms with E-state index in [9.17, 15) is 5.11 Å². The molecule has 1 heterocycles. The van der Waals surface area contributed by atoms with Crippen molar-refractivity contribution in [1.82, 2.24) is 10.2 Å². The molecule has 3 heteroatoms. The molecule has 1 fully saturated rings. The Kier molecular flexibility index (Phi) is 4.70. The summed E-state index contributed by atoms with van der Waals surface area (Å²) < 4.78 is 0. The van der Waals surface area contributed by atoms with E-state index in [0.717, 1.165) is 38.5 Å². The molecular formula is C10H22N2O. The molecule has 1 aliphatic rings. The van der Waals surface area contributed by atoms with Gasteiger partial charge in [-0.1, -0.05) is 6.92 Å². The lowest BCUT2D eigenvalue weighted by molar-refractivity contribution is 0.120. The molecular weight excluding hydrogens is 164 g/mol. The zero-order chi connectivity index (χ0) is 9.68. The van der Waals surface area contributed by atoms with Gasteiger partial charge in [-0.2, -0.15) is 0 Å². The third-order valence-corrected chi connectivity index (χ3v) is 2.80. The number of hydrogen-bond acceptors (Lipinski definition) is 3. The van der Waals surface area contributed by atoms with Crippen LogP contribution in [0.15, 0.2) is 0 Å². The summed E-state index contributed by atoms with van der Waals surface area (Å²) in [5.74, 6) is 0.786. The highest BCUT2D eigenvalue weighted by atomic mass is 16.3. The summed E-state index contributed by atoms with van der Waals surface area (Å²) in [4.78, 5) is 2.37. The van der Waals surface area contributed by atoms with Gasteiger partial charge in [0.2, 0.25) is 0 Å². The van der Waals surface area contributed by atoms with Crippen molar-refractivity contribution in [2.24, 2.45) is 5.92 Å². The summed E-state index contributed by atoms with van der Waals surface area (Å²) in [5, 5.41) is 12.7. The van der Waals surface area contributed by atoms with Crippen LogP contribution in [-0.2, 0) is 0 Å². The Hall–Kier alpha value is -0.120. The van der Waals surface area contributed by atoms with Crippen LogP contribution in [0.5, 0.6) is 0 Å². The van der Waals surface area contributed by atoms with Crippen molar-refractivity contribution in [2.45, 2.75) is 25.9 Å². The van der Waals surface area contributed by atoms with E-state index in [-0.39, 0.29) is 6.10 Å². The maximum Gasteiger partial charge on any atom is 0.0664 e. The Morgan fingerprint density at radius 2 is 2.38 bits per heavy atom. The number of β-amino-alcohol motifs (C(OH)–C–C–N with tert-alkyl or cyclic N) is 1. The van der Waals surface area contributed by atoms with Crippen molar-refractivity contribution in [1.29, 1.82) is 0 Å². The molecule has 0 aromatic rings. The summed E-state index contributed by atoms with van der Waals surface area (Å²) in [6, 6.07) is 0. The van der Waals surface area contributed by atoms with Crippen LogP contribution in [0.25, 0.3) is 0 Å². The monoisotopic (exact) mass is 186 g/mol. The first kappa shape index (κ1) is 11.0. The van der Waals surface area contributed by atoms with E-state index >= 15 is 0 Å². The predicted octanol–water partition coefficient (Wildman–Crippen LogP) is 0.299. The number of rotatable bonds is 5. The molecule has 2 unspecified atom stereocenters.